The molecule has 0 saturated heterocycles. The second-order valence-corrected chi connectivity index (χ2v) is 43.1. The summed E-state index contributed by atoms with van der Waals surface area (Å²) in [6.07, 6.45) is 0. The molecule has 0 saturated carbocycles. The Balaban J connectivity index is 2.63. The van der Waals surface area contributed by atoms with Gasteiger partial charge in [-0.2, -0.15) is 0 Å². The standard InChI is InChI=1S/C2H5As4/c1-2-5-6(3)4/h2H2,1H3. The molecule has 0 bridgehead atoms. The van der Waals surface area contributed by atoms with Crippen LogP contribution in [0.3, 0.4) is 0 Å². The molecule has 0 fully saturated rings. The topological polar surface area (TPSA) is 0 Å². The molecule has 0 aromatic heterocycles. The molecule has 4 heteroatoms. The summed E-state index contributed by atoms with van der Waals surface area (Å²) in [6.45, 7) is 2.28. The third-order valence-electron chi connectivity index (χ3n) is 0.268. The SMILES string of the molecule is CC[As][As]([As])[As]. The zero-order chi connectivity index (χ0) is 4.99. The summed E-state index contributed by atoms with van der Waals surface area (Å²) in [5.41, 5.74) is 0. The van der Waals surface area contributed by atoms with E-state index in [0.717, 1.165) is 13.7 Å². The maximum absolute atomic E-state index is 2.81. The summed E-state index contributed by atoms with van der Waals surface area (Å²) in [5, 5.41) is 1.46. The minimum atomic E-state index is -0.255. The Bertz CT molecular complexity index is 26.7. The number of rotatable bonds is 2. The fourth-order valence-electron chi connectivity index (χ4n) is 0.126. The summed E-state index contributed by atoms with van der Waals surface area (Å²) >= 11 is 6.39. The third kappa shape index (κ3) is 6.23. The van der Waals surface area contributed by atoms with Gasteiger partial charge in [-0.3, -0.25) is 0 Å². The van der Waals surface area contributed by atoms with E-state index in [1.165, 1.54) is 5.21 Å². The molecule has 5 radical (unpaired) electrons. The molecule has 0 aliphatic carbocycles. The molecule has 0 atom stereocenters. The van der Waals surface area contributed by atoms with Crippen LogP contribution < -0.4 is 0 Å². The molecule has 0 aromatic carbocycles. The van der Waals surface area contributed by atoms with Crippen LogP contribution in [-0.4, -0.2) is 51.7 Å². The Labute approximate surface area is 63.0 Å². The van der Waals surface area contributed by atoms with Crippen LogP contribution in [0.15, 0.2) is 0 Å². The Morgan fingerprint density at radius 2 is 2.17 bits per heavy atom. The summed E-state index contributed by atoms with van der Waals surface area (Å²) in [6, 6.07) is 0. The Morgan fingerprint density at radius 3 is 2.17 bits per heavy atom. The summed E-state index contributed by atoms with van der Waals surface area (Å²) in [4.78, 5) is 0. The molecule has 0 amide bonds. The van der Waals surface area contributed by atoms with Crippen LogP contribution >= 0.6 is 0 Å². The van der Waals surface area contributed by atoms with Crippen molar-refractivity contribution in [2.24, 2.45) is 0 Å². The first kappa shape index (κ1) is 8.23. The van der Waals surface area contributed by atoms with Crippen LogP contribution in [0.4, 0.5) is 0 Å². The summed E-state index contributed by atoms with van der Waals surface area (Å²) in [5.74, 6) is 0. The predicted octanol–water partition coefficient (Wildman–Crippen LogP) is -0.549. The Kier molecular flexibility index (Phi) is 7.37. The normalized spacial score (nSPS) is 12.0. The first-order chi connectivity index (χ1) is 2.77. The van der Waals surface area contributed by atoms with Crippen molar-refractivity contribution in [1.82, 2.24) is 0 Å². The predicted molar refractivity (Wildman–Crippen MR) is 33.5 cm³/mol. The van der Waals surface area contributed by atoms with Gasteiger partial charge in [0.2, 0.25) is 0 Å². The van der Waals surface area contributed by atoms with Crippen LogP contribution in [0.2, 0.25) is 5.21 Å². The fourth-order valence-corrected chi connectivity index (χ4v) is 17.7. The minimum absolute atomic E-state index is 0.255. The van der Waals surface area contributed by atoms with Crippen LogP contribution in [0.5, 0.6) is 0 Å². The molecular weight excluding hydrogens is 324 g/mol. The van der Waals surface area contributed by atoms with Gasteiger partial charge in [-0.15, -0.1) is 0 Å². The second kappa shape index (κ2) is 5.37. The summed E-state index contributed by atoms with van der Waals surface area (Å²) in [7, 11) is -0.255. The molecule has 0 rings (SSSR count). The average molecular weight is 329 g/mol. The average Bonchev–Trinajstić information content (AvgIpc) is 1.35. The van der Waals surface area contributed by atoms with Crippen molar-refractivity contribution in [2.45, 2.75) is 12.1 Å². The van der Waals surface area contributed by atoms with E-state index in [1.807, 2.05) is 0 Å². The van der Waals surface area contributed by atoms with Gasteiger partial charge in [0.05, 0.1) is 0 Å². The molecule has 0 aromatic rings. The van der Waals surface area contributed by atoms with E-state index in [4.69, 9.17) is 0 Å². The van der Waals surface area contributed by atoms with Gasteiger partial charge in [-0.25, -0.2) is 0 Å². The number of hydrogen-bond donors (Lipinski definition) is 0. The molecular formula is C2H5As4. The van der Waals surface area contributed by atoms with Gasteiger partial charge < -0.3 is 0 Å². The fraction of sp³-hybridized carbons (Fsp3) is 1.00. The van der Waals surface area contributed by atoms with Gasteiger partial charge in [-0.1, -0.05) is 0 Å². The van der Waals surface area contributed by atoms with Crippen LogP contribution in [0.1, 0.15) is 6.92 Å². The molecule has 0 unspecified atom stereocenters. The van der Waals surface area contributed by atoms with E-state index in [2.05, 4.69) is 36.5 Å². The van der Waals surface area contributed by atoms with E-state index >= 15 is 0 Å². The molecule has 0 spiro atoms. The van der Waals surface area contributed by atoms with Crippen molar-refractivity contribution < 1.29 is 0 Å². The zero-order valence-corrected chi connectivity index (χ0v) is 11.0. The van der Waals surface area contributed by atoms with E-state index in [9.17, 15) is 0 Å². The zero-order valence-electron chi connectivity index (χ0n) is 3.50. The molecule has 33 valence electrons. The maximum atomic E-state index is 2.81. The van der Waals surface area contributed by atoms with Crippen LogP contribution in [0, 0.1) is 0 Å². The summed E-state index contributed by atoms with van der Waals surface area (Å²) < 4.78 is 0. The van der Waals surface area contributed by atoms with Crippen molar-refractivity contribution in [3.05, 3.63) is 0 Å². The van der Waals surface area contributed by atoms with Crippen LogP contribution in [-0.2, 0) is 0 Å². The van der Waals surface area contributed by atoms with Crippen molar-refractivity contribution >= 4 is 51.7 Å². The van der Waals surface area contributed by atoms with Crippen LogP contribution in [0.25, 0.3) is 0 Å². The van der Waals surface area contributed by atoms with Crippen molar-refractivity contribution in [1.29, 1.82) is 0 Å². The Morgan fingerprint density at radius 1 is 1.67 bits per heavy atom. The van der Waals surface area contributed by atoms with E-state index < -0.39 is 0 Å². The van der Waals surface area contributed by atoms with Crippen molar-refractivity contribution in [3.8, 4) is 0 Å². The van der Waals surface area contributed by atoms with Gasteiger partial charge >= 0.3 is 63.8 Å². The Hall–Kier alpha value is 2.23. The van der Waals surface area contributed by atoms with Crippen molar-refractivity contribution in [2.75, 3.05) is 0 Å². The molecule has 0 heterocycles. The molecule has 6 heavy (non-hydrogen) atoms. The van der Waals surface area contributed by atoms with Gasteiger partial charge in [-0.05, 0) is 0 Å². The molecule has 0 aliphatic heterocycles. The van der Waals surface area contributed by atoms with Gasteiger partial charge in [0, 0.05) is 0 Å². The van der Waals surface area contributed by atoms with Gasteiger partial charge in [0.1, 0.15) is 0 Å². The quantitative estimate of drug-likeness (QED) is 0.597. The van der Waals surface area contributed by atoms with E-state index in [0.29, 0.717) is 0 Å². The first-order valence-corrected chi connectivity index (χ1v) is 18.6. The molecule has 0 aliphatic rings. The number of hydrogen-bond acceptors (Lipinski definition) is 0. The second-order valence-electron chi connectivity index (χ2n) is 0.726. The monoisotopic (exact) mass is 329 g/mol. The van der Waals surface area contributed by atoms with E-state index in [-0.39, 0.29) is 8.45 Å². The van der Waals surface area contributed by atoms with Gasteiger partial charge in [0.25, 0.3) is 0 Å². The first-order valence-electron chi connectivity index (χ1n) is 1.62. The molecule has 0 N–H and O–H groups in total. The van der Waals surface area contributed by atoms with Gasteiger partial charge in [0.15, 0.2) is 0 Å². The third-order valence-corrected chi connectivity index (χ3v) is 21.6. The van der Waals surface area contributed by atoms with E-state index in [1.54, 1.807) is 0 Å². The van der Waals surface area contributed by atoms with Crippen molar-refractivity contribution in [3.63, 3.8) is 0 Å². The molecule has 0 nitrogen and oxygen atoms in total.